The van der Waals surface area contributed by atoms with Crippen LogP contribution in [0.5, 0.6) is 0 Å². The highest BCUT2D eigenvalue weighted by Gasteiger charge is 2.28. The molecule has 1 saturated heterocycles. The van der Waals surface area contributed by atoms with Gasteiger partial charge in [-0.25, -0.2) is 9.78 Å². The number of benzene rings is 1. The van der Waals surface area contributed by atoms with Gasteiger partial charge >= 0.3 is 6.03 Å². The number of urea groups is 1. The Morgan fingerprint density at radius 3 is 2.85 bits per heavy atom. The van der Waals surface area contributed by atoms with Gasteiger partial charge < -0.3 is 10.2 Å². The molecule has 1 aromatic carbocycles. The van der Waals surface area contributed by atoms with Crippen molar-refractivity contribution in [1.29, 1.82) is 0 Å². The Morgan fingerprint density at radius 1 is 1.19 bits per heavy atom. The molecular formula is C22H25N3O. The second-order valence-corrected chi connectivity index (χ2v) is 6.98. The number of amides is 2. The van der Waals surface area contributed by atoms with Crippen molar-refractivity contribution in [2.24, 2.45) is 5.92 Å². The number of nitrogens with zero attached hydrogens (tertiary/aromatic N) is 2. The van der Waals surface area contributed by atoms with Gasteiger partial charge in [-0.1, -0.05) is 31.9 Å². The standard InChI is InChI=1S/C22H25N3O/c1-17(2)21-11-4-6-15-25(21)22(26)24-20-10-7-8-18(16-20)12-13-19-9-3-5-14-23-19/h3,5,7-10,14,16-17,21H,4,6,11,15H2,1-2H3,(H,24,26)/t21-/m1/s1. The third-order valence-electron chi connectivity index (χ3n) is 4.69. The molecule has 0 unspecified atom stereocenters. The molecule has 2 amide bonds. The van der Waals surface area contributed by atoms with Gasteiger partial charge in [0, 0.05) is 30.0 Å². The van der Waals surface area contributed by atoms with Crippen LogP contribution in [0.1, 0.15) is 44.4 Å². The first-order chi connectivity index (χ1) is 12.6. The fourth-order valence-electron chi connectivity index (χ4n) is 3.35. The largest absolute Gasteiger partial charge is 0.322 e. The lowest BCUT2D eigenvalue weighted by atomic mass is 9.93. The summed E-state index contributed by atoms with van der Waals surface area (Å²) in [5, 5.41) is 3.04. The Labute approximate surface area is 155 Å². The minimum Gasteiger partial charge on any atom is -0.321 e. The molecule has 2 aromatic rings. The molecule has 1 N–H and O–H groups in total. The third kappa shape index (κ3) is 4.64. The molecular weight excluding hydrogens is 322 g/mol. The number of aromatic nitrogens is 1. The van der Waals surface area contributed by atoms with Crippen LogP contribution in [0.3, 0.4) is 0 Å². The zero-order chi connectivity index (χ0) is 18.4. The molecule has 1 aliphatic heterocycles. The molecule has 0 saturated carbocycles. The van der Waals surface area contributed by atoms with Crippen LogP contribution in [0, 0.1) is 17.8 Å². The Bertz CT molecular complexity index is 805. The van der Waals surface area contributed by atoms with E-state index in [9.17, 15) is 4.79 Å². The van der Waals surface area contributed by atoms with E-state index in [-0.39, 0.29) is 6.03 Å². The van der Waals surface area contributed by atoms with Crippen LogP contribution in [0.15, 0.2) is 48.7 Å². The molecule has 1 aliphatic rings. The van der Waals surface area contributed by atoms with Gasteiger partial charge in [0.05, 0.1) is 0 Å². The predicted molar refractivity (Wildman–Crippen MR) is 105 cm³/mol. The van der Waals surface area contributed by atoms with Crippen molar-refractivity contribution in [2.75, 3.05) is 11.9 Å². The van der Waals surface area contributed by atoms with Crippen molar-refractivity contribution in [3.63, 3.8) is 0 Å². The average molecular weight is 347 g/mol. The number of hydrogen-bond donors (Lipinski definition) is 1. The zero-order valence-corrected chi connectivity index (χ0v) is 15.4. The van der Waals surface area contributed by atoms with Gasteiger partial charge in [-0.05, 0) is 61.4 Å². The summed E-state index contributed by atoms with van der Waals surface area (Å²) in [6, 6.07) is 13.6. The summed E-state index contributed by atoms with van der Waals surface area (Å²) in [6.07, 6.45) is 5.09. The molecule has 4 heteroatoms. The lowest BCUT2D eigenvalue weighted by molar-refractivity contribution is 0.138. The molecule has 0 aliphatic carbocycles. The van der Waals surface area contributed by atoms with Crippen LogP contribution < -0.4 is 5.32 Å². The molecule has 1 fully saturated rings. The van der Waals surface area contributed by atoms with E-state index in [2.05, 4.69) is 36.0 Å². The Hall–Kier alpha value is -2.80. The summed E-state index contributed by atoms with van der Waals surface area (Å²) >= 11 is 0. The van der Waals surface area contributed by atoms with Crippen LogP contribution >= 0.6 is 0 Å². The number of hydrogen-bond acceptors (Lipinski definition) is 2. The highest BCUT2D eigenvalue weighted by Crippen LogP contribution is 2.24. The number of pyridine rings is 1. The summed E-state index contributed by atoms with van der Waals surface area (Å²) in [5.41, 5.74) is 2.36. The van der Waals surface area contributed by atoms with Crippen LogP contribution in [0.4, 0.5) is 10.5 Å². The van der Waals surface area contributed by atoms with Crippen molar-refractivity contribution in [2.45, 2.75) is 39.2 Å². The summed E-state index contributed by atoms with van der Waals surface area (Å²) in [7, 11) is 0. The zero-order valence-electron chi connectivity index (χ0n) is 15.4. The molecule has 0 radical (unpaired) electrons. The summed E-state index contributed by atoms with van der Waals surface area (Å²) < 4.78 is 0. The van der Waals surface area contributed by atoms with Crippen molar-refractivity contribution in [1.82, 2.24) is 9.88 Å². The van der Waals surface area contributed by atoms with E-state index in [4.69, 9.17) is 0 Å². The van der Waals surface area contributed by atoms with E-state index in [0.717, 1.165) is 36.3 Å². The predicted octanol–water partition coefficient (Wildman–Crippen LogP) is 4.52. The highest BCUT2D eigenvalue weighted by molar-refractivity contribution is 5.89. The Kier molecular flexibility index (Phi) is 5.91. The van der Waals surface area contributed by atoms with Crippen molar-refractivity contribution in [3.05, 3.63) is 59.9 Å². The summed E-state index contributed by atoms with van der Waals surface area (Å²) in [4.78, 5) is 18.9. The van der Waals surface area contributed by atoms with Gasteiger partial charge in [0.15, 0.2) is 0 Å². The fourth-order valence-corrected chi connectivity index (χ4v) is 3.35. The SMILES string of the molecule is CC(C)[C@H]1CCCCN1C(=O)Nc1cccc(C#Cc2ccccn2)c1. The monoisotopic (exact) mass is 347 g/mol. The number of carbonyl (C=O) groups excluding carboxylic acids is 1. The lowest BCUT2D eigenvalue weighted by Gasteiger charge is -2.38. The quantitative estimate of drug-likeness (QED) is 0.812. The first-order valence-electron chi connectivity index (χ1n) is 9.24. The van der Waals surface area contributed by atoms with Gasteiger partial charge in [0.25, 0.3) is 0 Å². The second-order valence-electron chi connectivity index (χ2n) is 6.98. The number of likely N-dealkylation sites (tertiary alicyclic amines) is 1. The van der Waals surface area contributed by atoms with Crippen molar-refractivity contribution < 1.29 is 4.79 Å². The maximum atomic E-state index is 12.7. The first-order valence-corrected chi connectivity index (χ1v) is 9.24. The number of nitrogens with one attached hydrogen (secondary N) is 1. The Morgan fingerprint density at radius 2 is 2.08 bits per heavy atom. The van der Waals surface area contributed by atoms with E-state index in [1.54, 1.807) is 6.20 Å². The minimum atomic E-state index is -0.0155. The third-order valence-corrected chi connectivity index (χ3v) is 4.69. The number of anilines is 1. The summed E-state index contributed by atoms with van der Waals surface area (Å²) in [5.74, 6) is 6.62. The van der Waals surface area contributed by atoms with Crippen molar-refractivity contribution in [3.8, 4) is 11.8 Å². The lowest BCUT2D eigenvalue weighted by Crippen LogP contribution is -2.48. The number of piperidine rings is 1. The highest BCUT2D eigenvalue weighted by atomic mass is 16.2. The molecule has 3 rings (SSSR count). The van der Waals surface area contributed by atoms with Gasteiger partial charge in [-0.2, -0.15) is 0 Å². The maximum Gasteiger partial charge on any atom is 0.322 e. The van der Waals surface area contributed by atoms with Gasteiger partial charge in [0.1, 0.15) is 5.69 Å². The van der Waals surface area contributed by atoms with E-state index in [1.165, 1.54) is 6.42 Å². The Balaban J connectivity index is 1.70. The van der Waals surface area contributed by atoms with Crippen LogP contribution in [-0.2, 0) is 0 Å². The minimum absolute atomic E-state index is 0.0155. The van der Waals surface area contributed by atoms with Gasteiger partial charge in [-0.3, -0.25) is 0 Å². The number of rotatable bonds is 2. The number of carbonyl (C=O) groups is 1. The van der Waals surface area contributed by atoms with E-state index in [0.29, 0.717) is 12.0 Å². The normalized spacial score (nSPS) is 16.7. The fraction of sp³-hybridized carbons (Fsp3) is 0.364. The molecule has 134 valence electrons. The van der Waals surface area contributed by atoms with Crippen LogP contribution in [0.25, 0.3) is 0 Å². The molecule has 4 nitrogen and oxygen atoms in total. The van der Waals surface area contributed by atoms with E-state index < -0.39 is 0 Å². The topological polar surface area (TPSA) is 45.2 Å². The molecule has 2 heterocycles. The molecule has 0 bridgehead atoms. The van der Waals surface area contributed by atoms with Crippen LogP contribution in [-0.4, -0.2) is 28.5 Å². The van der Waals surface area contributed by atoms with E-state index >= 15 is 0 Å². The van der Waals surface area contributed by atoms with E-state index in [1.807, 2.05) is 47.4 Å². The summed E-state index contributed by atoms with van der Waals surface area (Å²) in [6.45, 7) is 5.20. The van der Waals surface area contributed by atoms with Gasteiger partial charge in [0.2, 0.25) is 0 Å². The van der Waals surface area contributed by atoms with Crippen LogP contribution in [0.2, 0.25) is 0 Å². The van der Waals surface area contributed by atoms with Gasteiger partial charge in [-0.15, -0.1) is 0 Å². The first kappa shape index (κ1) is 18.0. The molecule has 26 heavy (non-hydrogen) atoms. The second kappa shape index (κ2) is 8.53. The molecule has 0 spiro atoms. The average Bonchev–Trinajstić information content (AvgIpc) is 2.67. The molecule has 1 atom stereocenters. The smallest absolute Gasteiger partial charge is 0.321 e. The maximum absolute atomic E-state index is 12.7. The van der Waals surface area contributed by atoms with Crippen molar-refractivity contribution >= 4 is 11.7 Å². The molecule has 1 aromatic heterocycles.